The van der Waals surface area contributed by atoms with Crippen LogP contribution in [0.25, 0.3) is 0 Å². The maximum Gasteiger partial charge on any atom is 0.239 e. The van der Waals surface area contributed by atoms with Crippen LogP contribution in [0, 0.1) is 6.92 Å². The van der Waals surface area contributed by atoms with Crippen molar-refractivity contribution < 1.29 is 9.53 Å². The maximum absolute atomic E-state index is 11.1. The van der Waals surface area contributed by atoms with Crippen molar-refractivity contribution in [2.24, 2.45) is 0 Å². The lowest BCUT2D eigenvalue weighted by atomic mass is 10.2. The molecular weight excluding hydrogens is 297 g/mol. The zero-order valence-electron chi connectivity index (χ0n) is 10.8. The van der Waals surface area contributed by atoms with Gasteiger partial charge in [-0.1, -0.05) is 11.6 Å². The number of hydrogen-bond donors (Lipinski definition) is 1. The molecule has 0 atom stereocenters. The summed E-state index contributed by atoms with van der Waals surface area (Å²) in [6, 6.07) is 12.5. The molecule has 0 aromatic heterocycles. The molecule has 0 heterocycles. The predicted octanol–water partition coefficient (Wildman–Crippen LogP) is 4.62. The third-order valence-corrected chi connectivity index (χ3v) is 3.29. The van der Waals surface area contributed by atoms with Crippen molar-refractivity contribution in [1.29, 1.82) is 0 Å². The van der Waals surface area contributed by atoms with Crippen molar-refractivity contribution in [2.45, 2.75) is 6.92 Å². The zero-order valence-corrected chi connectivity index (χ0v) is 12.3. The van der Waals surface area contributed by atoms with E-state index in [-0.39, 0.29) is 11.8 Å². The van der Waals surface area contributed by atoms with Gasteiger partial charge in [-0.15, -0.1) is 11.6 Å². The first-order valence-corrected chi connectivity index (χ1v) is 6.89. The van der Waals surface area contributed by atoms with Crippen molar-refractivity contribution in [3.63, 3.8) is 0 Å². The standard InChI is InChI=1S/C15H13Cl2NO2/c1-10-8-13(6-7-14(10)17)20-12-4-2-11(3-5-12)18-15(19)9-16/h2-8H,9H2,1H3,(H,18,19). The summed E-state index contributed by atoms with van der Waals surface area (Å²) >= 11 is 11.4. The molecule has 5 heteroatoms. The highest BCUT2D eigenvalue weighted by molar-refractivity contribution is 6.31. The fraction of sp³-hybridized carbons (Fsp3) is 0.133. The van der Waals surface area contributed by atoms with Gasteiger partial charge in [-0.05, 0) is 55.0 Å². The normalized spacial score (nSPS) is 10.2. The van der Waals surface area contributed by atoms with Gasteiger partial charge in [0, 0.05) is 10.7 Å². The molecule has 0 saturated heterocycles. The number of benzene rings is 2. The van der Waals surface area contributed by atoms with Crippen molar-refractivity contribution in [1.82, 2.24) is 0 Å². The summed E-state index contributed by atoms with van der Waals surface area (Å²) in [4.78, 5) is 11.1. The number of amides is 1. The predicted molar refractivity (Wildman–Crippen MR) is 82.1 cm³/mol. The Labute approximate surface area is 127 Å². The number of alkyl halides is 1. The van der Waals surface area contributed by atoms with Gasteiger partial charge in [-0.25, -0.2) is 0 Å². The van der Waals surface area contributed by atoms with E-state index in [2.05, 4.69) is 5.32 Å². The van der Waals surface area contributed by atoms with E-state index in [1.54, 1.807) is 36.4 Å². The lowest BCUT2D eigenvalue weighted by Crippen LogP contribution is -2.12. The van der Waals surface area contributed by atoms with Crippen LogP contribution < -0.4 is 10.1 Å². The Bertz CT molecular complexity index is 612. The molecule has 1 amide bonds. The molecule has 0 spiro atoms. The van der Waals surface area contributed by atoms with Gasteiger partial charge in [0.2, 0.25) is 5.91 Å². The number of halogens is 2. The van der Waals surface area contributed by atoms with E-state index in [4.69, 9.17) is 27.9 Å². The highest BCUT2D eigenvalue weighted by Gasteiger charge is 2.02. The van der Waals surface area contributed by atoms with Crippen molar-refractivity contribution in [2.75, 3.05) is 11.2 Å². The first-order valence-electron chi connectivity index (χ1n) is 5.98. The number of rotatable bonds is 4. The summed E-state index contributed by atoms with van der Waals surface area (Å²) < 4.78 is 5.70. The molecule has 2 aromatic carbocycles. The molecule has 0 aliphatic carbocycles. The number of hydrogen-bond acceptors (Lipinski definition) is 2. The molecule has 0 saturated carbocycles. The molecule has 20 heavy (non-hydrogen) atoms. The molecule has 0 bridgehead atoms. The summed E-state index contributed by atoms with van der Waals surface area (Å²) in [5.74, 6) is 1.08. The van der Waals surface area contributed by atoms with Gasteiger partial charge in [0.15, 0.2) is 0 Å². The van der Waals surface area contributed by atoms with Gasteiger partial charge >= 0.3 is 0 Å². The quantitative estimate of drug-likeness (QED) is 0.837. The van der Waals surface area contributed by atoms with E-state index < -0.39 is 0 Å². The third-order valence-electron chi connectivity index (χ3n) is 2.62. The molecular formula is C15H13Cl2NO2. The van der Waals surface area contributed by atoms with Gasteiger partial charge in [-0.2, -0.15) is 0 Å². The second-order valence-corrected chi connectivity index (χ2v) is 4.89. The third kappa shape index (κ3) is 3.89. The van der Waals surface area contributed by atoms with Crippen LogP contribution in [0.2, 0.25) is 5.02 Å². The minimum absolute atomic E-state index is 0.0672. The van der Waals surface area contributed by atoms with Crippen LogP contribution in [-0.4, -0.2) is 11.8 Å². The molecule has 104 valence electrons. The number of anilines is 1. The molecule has 0 aliphatic rings. The van der Waals surface area contributed by atoms with Gasteiger partial charge in [0.25, 0.3) is 0 Å². The number of carbonyl (C=O) groups excluding carboxylic acids is 1. The summed E-state index contributed by atoms with van der Waals surface area (Å²) in [5, 5.41) is 3.36. The maximum atomic E-state index is 11.1. The Morgan fingerprint density at radius 2 is 1.80 bits per heavy atom. The Morgan fingerprint density at radius 3 is 2.40 bits per heavy atom. The first kappa shape index (κ1) is 14.7. The van der Waals surface area contributed by atoms with Gasteiger partial charge in [-0.3, -0.25) is 4.79 Å². The van der Waals surface area contributed by atoms with Gasteiger partial charge in [0.05, 0.1) is 0 Å². The molecule has 0 radical (unpaired) electrons. The molecule has 1 N–H and O–H groups in total. The van der Waals surface area contributed by atoms with E-state index in [0.29, 0.717) is 22.2 Å². The number of aryl methyl sites for hydroxylation is 1. The van der Waals surface area contributed by atoms with Crippen LogP contribution in [0.4, 0.5) is 5.69 Å². The van der Waals surface area contributed by atoms with E-state index in [1.807, 2.05) is 13.0 Å². The van der Waals surface area contributed by atoms with Gasteiger partial charge in [0.1, 0.15) is 17.4 Å². The van der Waals surface area contributed by atoms with E-state index in [0.717, 1.165) is 5.56 Å². The molecule has 0 unspecified atom stereocenters. The number of carbonyl (C=O) groups is 1. The van der Waals surface area contributed by atoms with Crippen molar-refractivity contribution >= 4 is 34.8 Å². The van der Waals surface area contributed by atoms with Crippen molar-refractivity contribution in [3.8, 4) is 11.5 Å². The zero-order chi connectivity index (χ0) is 14.5. The fourth-order valence-corrected chi connectivity index (χ4v) is 1.80. The summed E-state index contributed by atoms with van der Waals surface area (Å²) in [5.41, 5.74) is 1.63. The topological polar surface area (TPSA) is 38.3 Å². The number of nitrogens with one attached hydrogen (secondary N) is 1. The van der Waals surface area contributed by atoms with E-state index in [1.165, 1.54) is 0 Å². The SMILES string of the molecule is Cc1cc(Oc2ccc(NC(=O)CCl)cc2)ccc1Cl. The van der Waals surface area contributed by atoms with Crippen molar-refractivity contribution in [3.05, 3.63) is 53.1 Å². The van der Waals surface area contributed by atoms with Crippen LogP contribution in [0.15, 0.2) is 42.5 Å². The van der Waals surface area contributed by atoms with Crippen LogP contribution >= 0.6 is 23.2 Å². The number of ether oxygens (including phenoxy) is 1. The second kappa shape index (κ2) is 6.64. The lowest BCUT2D eigenvalue weighted by molar-refractivity contribution is -0.113. The average Bonchev–Trinajstić information content (AvgIpc) is 2.45. The smallest absolute Gasteiger partial charge is 0.239 e. The minimum atomic E-state index is -0.242. The average molecular weight is 310 g/mol. The Morgan fingerprint density at radius 1 is 1.15 bits per heavy atom. The highest BCUT2D eigenvalue weighted by atomic mass is 35.5. The first-order chi connectivity index (χ1) is 9.58. The van der Waals surface area contributed by atoms with Crippen LogP contribution in [0.5, 0.6) is 11.5 Å². The summed E-state index contributed by atoms with van der Waals surface area (Å²) in [6.07, 6.45) is 0. The Balaban J connectivity index is 2.06. The van der Waals surface area contributed by atoms with Crippen LogP contribution in [-0.2, 0) is 4.79 Å². The summed E-state index contributed by atoms with van der Waals surface area (Å²) in [6.45, 7) is 1.92. The lowest BCUT2D eigenvalue weighted by Gasteiger charge is -2.08. The van der Waals surface area contributed by atoms with E-state index >= 15 is 0 Å². The Hall–Kier alpha value is -1.71. The molecule has 0 aliphatic heterocycles. The fourth-order valence-electron chi connectivity index (χ4n) is 1.62. The van der Waals surface area contributed by atoms with Gasteiger partial charge < -0.3 is 10.1 Å². The van der Waals surface area contributed by atoms with E-state index in [9.17, 15) is 4.79 Å². The second-order valence-electron chi connectivity index (χ2n) is 4.22. The minimum Gasteiger partial charge on any atom is -0.457 e. The molecule has 2 rings (SSSR count). The monoisotopic (exact) mass is 309 g/mol. The highest BCUT2D eigenvalue weighted by Crippen LogP contribution is 2.26. The molecule has 0 fully saturated rings. The van der Waals surface area contributed by atoms with Crippen LogP contribution in [0.1, 0.15) is 5.56 Å². The largest absolute Gasteiger partial charge is 0.457 e. The summed E-state index contributed by atoms with van der Waals surface area (Å²) in [7, 11) is 0. The van der Waals surface area contributed by atoms with Crippen LogP contribution in [0.3, 0.4) is 0 Å². The molecule has 2 aromatic rings. The molecule has 3 nitrogen and oxygen atoms in total. The Kier molecular flexibility index (Phi) is 4.88.